The van der Waals surface area contributed by atoms with Gasteiger partial charge in [0.15, 0.2) is 0 Å². The second-order valence-electron chi connectivity index (χ2n) is 6.51. The first-order valence-corrected chi connectivity index (χ1v) is 8.31. The van der Waals surface area contributed by atoms with Gasteiger partial charge in [0.05, 0.1) is 5.92 Å². The molecule has 1 heterocycles. The molecule has 24 heavy (non-hydrogen) atoms. The minimum atomic E-state index is -0.317. The predicted molar refractivity (Wildman–Crippen MR) is 96.1 cm³/mol. The molecule has 1 atom stereocenters. The van der Waals surface area contributed by atoms with Crippen LogP contribution in [0, 0.1) is 5.92 Å². The summed E-state index contributed by atoms with van der Waals surface area (Å²) in [6.07, 6.45) is 0.255. The van der Waals surface area contributed by atoms with Gasteiger partial charge in [0.2, 0.25) is 11.8 Å². The lowest BCUT2D eigenvalue weighted by Gasteiger charge is -2.16. The fourth-order valence-electron chi connectivity index (χ4n) is 2.94. The number of nitrogens with one attached hydrogen (secondary N) is 1. The van der Waals surface area contributed by atoms with Gasteiger partial charge in [-0.3, -0.25) is 9.59 Å². The molecule has 0 radical (unpaired) electrons. The Morgan fingerprint density at radius 1 is 1.08 bits per heavy atom. The monoisotopic (exact) mass is 322 g/mol. The van der Waals surface area contributed by atoms with Gasteiger partial charge in [0.25, 0.3) is 0 Å². The van der Waals surface area contributed by atoms with Crippen LogP contribution in [0.15, 0.2) is 54.6 Å². The zero-order chi connectivity index (χ0) is 17.1. The number of rotatable bonds is 4. The third kappa shape index (κ3) is 3.48. The molecule has 0 aromatic heterocycles. The first-order chi connectivity index (χ1) is 11.5. The second-order valence-corrected chi connectivity index (χ2v) is 6.51. The van der Waals surface area contributed by atoms with Crippen molar-refractivity contribution in [2.75, 3.05) is 16.8 Å². The van der Waals surface area contributed by atoms with Gasteiger partial charge >= 0.3 is 0 Å². The highest BCUT2D eigenvalue weighted by Gasteiger charge is 2.35. The van der Waals surface area contributed by atoms with Crippen LogP contribution < -0.4 is 10.2 Å². The van der Waals surface area contributed by atoms with Gasteiger partial charge in [0.1, 0.15) is 0 Å². The first-order valence-electron chi connectivity index (χ1n) is 8.31. The van der Waals surface area contributed by atoms with Crippen molar-refractivity contribution in [2.45, 2.75) is 26.2 Å². The van der Waals surface area contributed by atoms with Gasteiger partial charge < -0.3 is 10.2 Å². The van der Waals surface area contributed by atoms with E-state index in [1.807, 2.05) is 54.6 Å². The molecule has 2 amide bonds. The molecule has 4 heteroatoms. The molecule has 1 fully saturated rings. The summed E-state index contributed by atoms with van der Waals surface area (Å²) < 4.78 is 0. The van der Waals surface area contributed by atoms with E-state index in [0.29, 0.717) is 12.5 Å². The predicted octanol–water partition coefficient (Wildman–Crippen LogP) is 3.80. The van der Waals surface area contributed by atoms with Crippen LogP contribution in [-0.4, -0.2) is 18.4 Å². The van der Waals surface area contributed by atoms with Crippen LogP contribution in [0.1, 0.15) is 31.7 Å². The molecule has 124 valence electrons. The Hall–Kier alpha value is -2.62. The lowest BCUT2D eigenvalue weighted by atomic mass is 10.0. The minimum Gasteiger partial charge on any atom is -0.326 e. The molecule has 1 aliphatic rings. The van der Waals surface area contributed by atoms with E-state index in [-0.39, 0.29) is 24.2 Å². The van der Waals surface area contributed by atoms with Crippen LogP contribution in [0.4, 0.5) is 11.4 Å². The molecule has 1 unspecified atom stereocenters. The number of benzene rings is 2. The number of para-hydroxylation sites is 1. The summed E-state index contributed by atoms with van der Waals surface area (Å²) in [6.45, 7) is 4.70. The Labute approximate surface area is 142 Å². The molecule has 4 nitrogen and oxygen atoms in total. The van der Waals surface area contributed by atoms with Gasteiger partial charge in [-0.05, 0) is 35.7 Å². The summed E-state index contributed by atoms with van der Waals surface area (Å²) in [5, 5.41) is 2.92. The normalized spacial score (nSPS) is 17.4. The summed E-state index contributed by atoms with van der Waals surface area (Å²) in [5.74, 6) is 0.0414. The van der Waals surface area contributed by atoms with Crippen molar-refractivity contribution >= 4 is 23.2 Å². The van der Waals surface area contributed by atoms with Crippen LogP contribution in [0.3, 0.4) is 0 Å². The Morgan fingerprint density at radius 3 is 2.38 bits per heavy atom. The van der Waals surface area contributed by atoms with Crippen molar-refractivity contribution in [1.82, 2.24) is 0 Å². The van der Waals surface area contributed by atoms with Crippen LogP contribution in [-0.2, 0) is 9.59 Å². The van der Waals surface area contributed by atoms with Crippen LogP contribution in [0.5, 0.6) is 0 Å². The standard InChI is InChI=1S/C20H22N2O2/c1-14(2)15-8-10-17(11-9-15)21-20(24)16-12-19(23)22(13-16)18-6-4-3-5-7-18/h3-11,14,16H,12-13H2,1-2H3,(H,21,24). The number of amides is 2. The van der Waals surface area contributed by atoms with Crippen molar-refractivity contribution in [3.8, 4) is 0 Å². The largest absolute Gasteiger partial charge is 0.326 e. The van der Waals surface area contributed by atoms with E-state index in [1.165, 1.54) is 5.56 Å². The SMILES string of the molecule is CC(C)c1ccc(NC(=O)C2CC(=O)N(c3ccccc3)C2)cc1. The van der Waals surface area contributed by atoms with Gasteiger partial charge in [-0.1, -0.05) is 44.2 Å². The molecule has 0 saturated carbocycles. The molecule has 0 bridgehead atoms. The average Bonchev–Trinajstić information content (AvgIpc) is 2.98. The second kappa shape index (κ2) is 6.87. The van der Waals surface area contributed by atoms with E-state index >= 15 is 0 Å². The summed E-state index contributed by atoms with van der Waals surface area (Å²) >= 11 is 0. The summed E-state index contributed by atoms with van der Waals surface area (Å²) in [6, 6.07) is 17.4. The van der Waals surface area contributed by atoms with Crippen molar-refractivity contribution in [1.29, 1.82) is 0 Å². The number of carbonyl (C=O) groups excluding carboxylic acids is 2. The third-order valence-corrected chi connectivity index (χ3v) is 4.41. The fourth-order valence-corrected chi connectivity index (χ4v) is 2.94. The third-order valence-electron chi connectivity index (χ3n) is 4.41. The number of hydrogen-bond acceptors (Lipinski definition) is 2. The number of carbonyl (C=O) groups is 2. The molecule has 1 N–H and O–H groups in total. The molecular weight excluding hydrogens is 300 g/mol. The minimum absolute atomic E-state index is 0.00324. The highest BCUT2D eigenvalue weighted by Crippen LogP contribution is 2.26. The van der Waals surface area contributed by atoms with E-state index in [1.54, 1.807) is 4.90 Å². The average molecular weight is 322 g/mol. The maximum Gasteiger partial charge on any atom is 0.229 e. The Morgan fingerprint density at radius 2 is 1.75 bits per heavy atom. The Balaban J connectivity index is 1.65. The van der Waals surface area contributed by atoms with Crippen LogP contribution in [0.2, 0.25) is 0 Å². The highest BCUT2D eigenvalue weighted by atomic mass is 16.2. The van der Waals surface area contributed by atoms with Gasteiger partial charge in [-0.15, -0.1) is 0 Å². The zero-order valence-corrected chi connectivity index (χ0v) is 14.0. The molecule has 1 saturated heterocycles. The maximum absolute atomic E-state index is 12.5. The van der Waals surface area contributed by atoms with E-state index in [4.69, 9.17) is 0 Å². The van der Waals surface area contributed by atoms with Crippen molar-refractivity contribution in [3.05, 3.63) is 60.2 Å². The lowest BCUT2D eigenvalue weighted by Crippen LogP contribution is -2.28. The fraction of sp³-hybridized carbons (Fsp3) is 0.300. The number of hydrogen-bond donors (Lipinski definition) is 1. The number of nitrogens with zero attached hydrogens (tertiary/aromatic N) is 1. The topological polar surface area (TPSA) is 49.4 Å². The molecule has 3 rings (SSSR count). The van der Waals surface area contributed by atoms with Crippen molar-refractivity contribution in [3.63, 3.8) is 0 Å². The van der Waals surface area contributed by atoms with Crippen LogP contribution >= 0.6 is 0 Å². The maximum atomic E-state index is 12.5. The van der Waals surface area contributed by atoms with E-state index in [2.05, 4.69) is 19.2 Å². The smallest absolute Gasteiger partial charge is 0.229 e. The molecule has 2 aromatic carbocycles. The van der Waals surface area contributed by atoms with Crippen molar-refractivity contribution < 1.29 is 9.59 Å². The van der Waals surface area contributed by atoms with E-state index < -0.39 is 0 Å². The Bertz CT molecular complexity index is 723. The summed E-state index contributed by atoms with van der Waals surface area (Å²) in [7, 11) is 0. The first kappa shape index (κ1) is 16.2. The molecule has 1 aliphatic heterocycles. The van der Waals surface area contributed by atoms with Gasteiger partial charge in [0, 0.05) is 24.3 Å². The zero-order valence-electron chi connectivity index (χ0n) is 14.0. The lowest BCUT2D eigenvalue weighted by molar-refractivity contribution is -0.122. The summed E-state index contributed by atoms with van der Waals surface area (Å²) in [4.78, 5) is 26.4. The number of anilines is 2. The molecular formula is C20H22N2O2. The molecule has 2 aromatic rings. The van der Waals surface area contributed by atoms with Gasteiger partial charge in [-0.25, -0.2) is 0 Å². The van der Waals surface area contributed by atoms with E-state index in [0.717, 1.165) is 11.4 Å². The quantitative estimate of drug-likeness (QED) is 0.931. The van der Waals surface area contributed by atoms with Crippen LogP contribution in [0.25, 0.3) is 0 Å². The van der Waals surface area contributed by atoms with E-state index in [9.17, 15) is 9.59 Å². The molecule has 0 aliphatic carbocycles. The Kier molecular flexibility index (Phi) is 4.65. The van der Waals surface area contributed by atoms with Crippen molar-refractivity contribution in [2.24, 2.45) is 5.92 Å². The highest BCUT2D eigenvalue weighted by molar-refractivity contribution is 6.03. The molecule has 0 spiro atoms. The van der Waals surface area contributed by atoms with Gasteiger partial charge in [-0.2, -0.15) is 0 Å². The summed E-state index contributed by atoms with van der Waals surface area (Å²) in [5.41, 5.74) is 2.85.